The maximum Gasteiger partial charge on any atom is 0.0643 e. The zero-order chi connectivity index (χ0) is 13.1. The molecule has 0 bridgehead atoms. The van der Waals surface area contributed by atoms with Gasteiger partial charge in [0.05, 0.1) is 5.69 Å². The van der Waals surface area contributed by atoms with E-state index in [1.807, 2.05) is 29.3 Å². The van der Waals surface area contributed by atoms with Crippen LogP contribution >= 0.6 is 11.3 Å². The first-order valence-corrected chi connectivity index (χ1v) is 7.20. The molecule has 1 atom stereocenters. The van der Waals surface area contributed by atoms with Crippen LogP contribution in [0.3, 0.4) is 0 Å². The molecule has 2 heterocycles. The molecule has 0 aliphatic rings. The van der Waals surface area contributed by atoms with Crippen molar-refractivity contribution in [1.29, 1.82) is 0 Å². The SMILES string of the molecule is CCNC(Cc1ccn(C)n1)c1cc(C)c(C)s1. The summed E-state index contributed by atoms with van der Waals surface area (Å²) in [6, 6.07) is 4.77. The van der Waals surface area contributed by atoms with Gasteiger partial charge in [0.25, 0.3) is 0 Å². The topological polar surface area (TPSA) is 29.9 Å². The number of likely N-dealkylation sites (N-methyl/N-ethyl adjacent to an activating group) is 1. The highest BCUT2D eigenvalue weighted by atomic mass is 32.1. The minimum Gasteiger partial charge on any atom is -0.309 e. The molecular formula is C14H21N3S. The lowest BCUT2D eigenvalue weighted by Gasteiger charge is -2.15. The summed E-state index contributed by atoms with van der Waals surface area (Å²) < 4.78 is 1.86. The molecule has 2 rings (SSSR count). The molecule has 0 spiro atoms. The molecule has 98 valence electrons. The summed E-state index contributed by atoms with van der Waals surface area (Å²) >= 11 is 1.89. The molecule has 0 saturated heterocycles. The summed E-state index contributed by atoms with van der Waals surface area (Å²) in [7, 11) is 1.96. The molecule has 1 unspecified atom stereocenters. The van der Waals surface area contributed by atoms with Crippen LogP contribution in [0.5, 0.6) is 0 Å². The van der Waals surface area contributed by atoms with Crippen LogP contribution in [0.15, 0.2) is 18.3 Å². The minimum absolute atomic E-state index is 0.377. The Morgan fingerprint density at radius 2 is 2.22 bits per heavy atom. The van der Waals surface area contributed by atoms with Crippen molar-refractivity contribution in [3.63, 3.8) is 0 Å². The highest BCUT2D eigenvalue weighted by molar-refractivity contribution is 7.12. The van der Waals surface area contributed by atoms with Crippen molar-refractivity contribution >= 4 is 11.3 Å². The van der Waals surface area contributed by atoms with Gasteiger partial charge in [0.15, 0.2) is 0 Å². The van der Waals surface area contributed by atoms with E-state index in [0.717, 1.165) is 18.7 Å². The molecule has 0 aromatic carbocycles. The maximum atomic E-state index is 4.47. The van der Waals surface area contributed by atoms with Gasteiger partial charge < -0.3 is 5.32 Å². The molecule has 2 aromatic rings. The van der Waals surface area contributed by atoms with Gasteiger partial charge in [-0.2, -0.15) is 5.10 Å². The van der Waals surface area contributed by atoms with Gasteiger partial charge in [-0.15, -0.1) is 11.3 Å². The summed E-state index contributed by atoms with van der Waals surface area (Å²) in [6.07, 6.45) is 2.96. The molecule has 0 radical (unpaired) electrons. The first-order chi connectivity index (χ1) is 8.60. The van der Waals surface area contributed by atoms with Crippen molar-refractivity contribution in [2.75, 3.05) is 6.54 Å². The Morgan fingerprint density at radius 3 is 2.72 bits per heavy atom. The second kappa shape index (κ2) is 5.67. The highest BCUT2D eigenvalue weighted by Gasteiger charge is 2.15. The first-order valence-electron chi connectivity index (χ1n) is 6.39. The van der Waals surface area contributed by atoms with Crippen LogP contribution in [-0.4, -0.2) is 16.3 Å². The van der Waals surface area contributed by atoms with Crippen molar-refractivity contribution < 1.29 is 0 Å². The normalized spacial score (nSPS) is 12.9. The Bertz CT molecular complexity index is 493. The number of nitrogens with one attached hydrogen (secondary N) is 1. The standard InChI is InChI=1S/C14H21N3S/c1-5-15-13(9-12-6-7-17(4)16-12)14-8-10(2)11(3)18-14/h6-8,13,15H,5,9H2,1-4H3. The number of hydrogen-bond acceptors (Lipinski definition) is 3. The zero-order valence-electron chi connectivity index (χ0n) is 11.5. The van der Waals surface area contributed by atoms with Gasteiger partial charge in [-0.25, -0.2) is 0 Å². The Labute approximate surface area is 113 Å². The van der Waals surface area contributed by atoms with Crippen LogP contribution in [-0.2, 0) is 13.5 Å². The van der Waals surface area contributed by atoms with Crippen LogP contribution < -0.4 is 5.32 Å². The monoisotopic (exact) mass is 263 g/mol. The minimum atomic E-state index is 0.377. The number of thiophene rings is 1. The molecule has 4 heteroatoms. The maximum absolute atomic E-state index is 4.47. The van der Waals surface area contributed by atoms with Gasteiger partial charge in [0, 0.05) is 35.5 Å². The predicted octanol–water partition coefficient (Wildman–Crippen LogP) is 2.99. The number of nitrogens with zero attached hydrogens (tertiary/aromatic N) is 2. The summed E-state index contributed by atoms with van der Waals surface area (Å²) in [5, 5.41) is 8.03. The number of aromatic nitrogens is 2. The van der Waals surface area contributed by atoms with E-state index in [-0.39, 0.29) is 0 Å². The van der Waals surface area contributed by atoms with Gasteiger partial charge in [0.1, 0.15) is 0 Å². The molecule has 18 heavy (non-hydrogen) atoms. The first kappa shape index (κ1) is 13.3. The predicted molar refractivity (Wildman–Crippen MR) is 77.1 cm³/mol. The average Bonchev–Trinajstić information content (AvgIpc) is 2.86. The summed E-state index contributed by atoms with van der Waals surface area (Å²) in [4.78, 5) is 2.83. The van der Waals surface area contributed by atoms with E-state index in [4.69, 9.17) is 0 Å². The third-order valence-corrected chi connectivity index (χ3v) is 4.43. The van der Waals surface area contributed by atoms with Crippen molar-refractivity contribution in [1.82, 2.24) is 15.1 Å². The second-order valence-electron chi connectivity index (χ2n) is 4.68. The van der Waals surface area contributed by atoms with Gasteiger partial charge in [-0.05, 0) is 38.1 Å². The highest BCUT2D eigenvalue weighted by Crippen LogP contribution is 2.28. The van der Waals surface area contributed by atoms with Crippen molar-refractivity contribution in [2.45, 2.75) is 33.2 Å². The van der Waals surface area contributed by atoms with Crippen LogP contribution in [0.2, 0.25) is 0 Å². The van der Waals surface area contributed by atoms with Gasteiger partial charge in [-0.1, -0.05) is 6.92 Å². The lowest BCUT2D eigenvalue weighted by molar-refractivity contribution is 0.547. The average molecular weight is 263 g/mol. The van der Waals surface area contributed by atoms with E-state index in [1.54, 1.807) is 0 Å². The molecule has 0 saturated carbocycles. The van der Waals surface area contributed by atoms with Crippen LogP contribution in [0.4, 0.5) is 0 Å². The Kier molecular flexibility index (Phi) is 4.19. The second-order valence-corrected chi connectivity index (χ2v) is 5.97. The van der Waals surface area contributed by atoms with Gasteiger partial charge in [-0.3, -0.25) is 4.68 Å². The number of hydrogen-bond donors (Lipinski definition) is 1. The molecular weight excluding hydrogens is 242 g/mol. The lowest BCUT2D eigenvalue weighted by atomic mass is 10.1. The number of aryl methyl sites for hydroxylation is 3. The zero-order valence-corrected chi connectivity index (χ0v) is 12.3. The summed E-state index contributed by atoms with van der Waals surface area (Å²) in [5.41, 5.74) is 2.53. The molecule has 1 N–H and O–H groups in total. The van der Waals surface area contributed by atoms with E-state index < -0.39 is 0 Å². The van der Waals surface area contributed by atoms with Crippen LogP contribution in [0.25, 0.3) is 0 Å². The molecule has 3 nitrogen and oxygen atoms in total. The largest absolute Gasteiger partial charge is 0.309 e. The van der Waals surface area contributed by atoms with E-state index in [1.165, 1.54) is 15.3 Å². The Morgan fingerprint density at radius 1 is 1.44 bits per heavy atom. The molecule has 2 aromatic heterocycles. The Hall–Kier alpha value is -1.13. The van der Waals surface area contributed by atoms with Gasteiger partial charge in [0.2, 0.25) is 0 Å². The van der Waals surface area contributed by atoms with Crippen LogP contribution in [0, 0.1) is 13.8 Å². The third-order valence-electron chi connectivity index (χ3n) is 3.16. The summed E-state index contributed by atoms with van der Waals surface area (Å²) in [6.45, 7) is 7.50. The fourth-order valence-electron chi connectivity index (χ4n) is 2.07. The van der Waals surface area contributed by atoms with Gasteiger partial charge >= 0.3 is 0 Å². The van der Waals surface area contributed by atoms with Crippen molar-refractivity contribution in [3.8, 4) is 0 Å². The fourth-order valence-corrected chi connectivity index (χ4v) is 3.19. The molecule has 0 fully saturated rings. The quantitative estimate of drug-likeness (QED) is 0.898. The van der Waals surface area contributed by atoms with Crippen molar-refractivity contribution in [2.24, 2.45) is 7.05 Å². The van der Waals surface area contributed by atoms with Crippen molar-refractivity contribution in [3.05, 3.63) is 39.3 Å². The van der Waals surface area contributed by atoms with E-state index in [9.17, 15) is 0 Å². The Balaban J connectivity index is 2.17. The van der Waals surface area contributed by atoms with E-state index in [2.05, 4.69) is 43.3 Å². The summed E-state index contributed by atoms with van der Waals surface area (Å²) in [5.74, 6) is 0. The van der Waals surface area contributed by atoms with Crippen LogP contribution in [0.1, 0.15) is 34.0 Å². The molecule has 0 amide bonds. The number of rotatable bonds is 5. The molecule has 0 aliphatic heterocycles. The molecule has 0 aliphatic carbocycles. The third kappa shape index (κ3) is 3.00. The van der Waals surface area contributed by atoms with E-state index in [0.29, 0.717) is 6.04 Å². The lowest BCUT2D eigenvalue weighted by Crippen LogP contribution is -2.22. The fraction of sp³-hybridized carbons (Fsp3) is 0.500. The smallest absolute Gasteiger partial charge is 0.0643 e. The van der Waals surface area contributed by atoms with E-state index >= 15 is 0 Å².